The normalized spacial score (nSPS) is 13.2. The molecule has 5 nitrogen and oxygen atoms in total. The molecule has 78 valence electrons. The number of carbonyl (C=O) groups is 1. The van der Waals surface area contributed by atoms with Gasteiger partial charge in [0.15, 0.2) is 6.29 Å². The number of rotatable bonds is 7. The Hall–Kier alpha value is -0.650. The molecule has 0 aromatic heterocycles. The van der Waals surface area contributed by atoms with Gasteiger partial charge in [-0.3, -0.25) is 4.79 Å². The van der Waals surface area contributed by atoms with Crippen molar-refractivity contribution < 1.29 is 19.4 Å². The predicted octanol–water partition coefficient (Wildman–Crippen LogP) is 0.187. The molecule has 0 aromatic carbocycles. The highest BCUT2D eigenvalue weighted by molar-refractivity contribution is 5.73. The summed E-state index contributed by atoms with van der Waals surface area (Å²) in [7, 11) is 0. The Kier molecular flexibility index (Phi) is 6.48. The van der Waals surface area contributed by atoms with Crippen LogP contribution in [0.4, 0.5) is 0 Å². The lowest BCUT2D eigenvalue weighted by Gasteiger charge is -2.18. The van der Waals surface area contributed by atoms with Gasteiger partial charge in [0, 0.05) is 19.6 Å². The molecule has 0 aliphatic carbocycles. The van der Waals surface area contributed by atoms with Gasteiger partial charge >= 0.3 is 5.97 Å². The van der Waals surface area contributed by atoms with Crippen LogP contribution in [0, 0.1) is 0 Å². The van der Waals surface area contributed by atoms with Crippen LogP contribution in [0.2, 0.25) is 0 Å². The van der Waals surface area contributed by atoms with Crippen molar-refractivity contribution in [3.05, 3.63) is 0 Å². The molecule has 0 aromatic rings. The minimum absolute atomic E-state index is 0.178. The van der Waals surface area contributed by atoms with Crippen LogP contribution in [0.1, 0.15) is 20.3 Å². The van der Waals surface area contributed by atoms with Gasteiger partial charge < -0.3 is 20.3 Å². The minimum Gasteiger partial charge on any atom is -0.480 e. The maximum absolute atomic E-state index is 10.4. The molecule has 0 amide bonds. The maximum atomic E-state index is 10.4. The lowest BCUT2D eigenvalue weighted by Crippen LogP contribution is -2.36. The van der Waals surface area contributed by atoms with E-state index >= 15 is 0 Å². The van der Waals surface area contributed by atoms with E-state index in [0.717, 1.165) is 0 Å². The summed E-state index contributed by atoms with van der Waals surface area (Å²) in [6.07, 6.45) is -0.335. The van der Waals surface area contributed by atoms with Gasteiger partial charge in [-0.1, -0.05) is 0 Å². The number of ether oxygens (including phenoxy) is 2. The molecule has 0 saturated carbocycles. The van der Waals surface area contributed by atoms with Crippen molar-refractivity contribution in [3.63, 3.8) is 0 Å². The van der Waals surface area contributed by atoms with Crippen molar-refractivity contribution in [2.24, 2.45) is 5.73 Å². The third-order valence-electron chi connectivity index (χ3n) is 1.47. The Balaban J connectivity index is 3.85. The summed E-state index contributed by atoms with van der Waals surface area (Å²) in [6.45, 7) is 4.60. The molecule has 0 saturated heterocycles. The third-order valence-corrected chi connectivity index (χ3v) is 1.47. The number of carboxylic acid groups (broad SMARTS) is 1. The van der Waals surface area contributed by atoms with Crippen LogP contribution < -0.4 is 5.73 Å². The van der Waals surface area contributed by atoms with Gasteiger partial charge in [-0.15, -0.1) is 0 Å². The van der Waals surface area contributed by atoms with Crippen molar-refractivity contribution in [3.8, 4) is 0 Å². The number of aliphatic carboxylic acids is 1. The summed E-state index contributed by atoms with van der Waals surface area (Å²) in [6, 6.07) is -0.928. The fourth-order valence-electron chi connectivity index (χ4n) is 0.864. The molecule has 0 fully saturated rings. The Bertz CT molecular complexity index is 145. The SMILES string of the molecule is CCOC(CC(N)C(=O)O)OCC. The van der Waals surface area contributed by atoms with E-state index in [0.29, 0.717) is 13.2 Å². The first-order valence-electron chi connectivity index (χ1n) is 4.33. The number of nitrogens with two attached hydrogens (primary N) is 1. The first-order chi connectivity index (χ1) is 6.11. The highest BCUT2D eigenvalue weighted by atomic mass is 16.7. The van der Waals surface area contributed by atoms with Crippen molar-refractivity contribution >= 4 is 5.97 Å². The summed E-state index contributed by atoms with van der Waals surface area (Å²) < 4.78 is 10.3. The van der Waals surface area contributed by atoms with Gasteiger partial charge in [-0.05, 0) is 13.8 Å². The van der Waals surface area contributed by atoms with Gasteiger partial charge in [-0.25, -0.2) is 0 Å². The predicted molar refractivity (Wildman–Crippen MR) is 47.3 cm³/mol. The summed E-state index contributed by atoms with van der Waals surface area (Å²) in [5, 5.41) is 8.53. The number of hydrogen-bond acceptors (Lipinski definition) is 4. The second-order valence-corrected chi connectivity index (χ2v) is 2.52. The standard InChI is InChI=1S/C8H17NO4/c1-3-12-7(13-4-2)5-6(9)8(10)11/h6-7H,3-5,9H2,1-2H3,(H,10,11). The van der Waals surface area contributed by atoms with Gasteiger partial charge in [-0.2, -0.15) is 0 Å². The zero-order chi connectivity index (χ0) is 10.3. The van der Waals surface area contributed by atoms with Crippen LogP contribution in [0.15, 0.2) is 0 Å². The lowest BCUT2D eigenvalue weighted by molar-refractivity contribution is -0.154. The molecule has 1 unspecified atom stereocenters. The molecular weight excluding hydrogens is 174 g/mol. The minimum atomic E-state index is -1.04. The summed E-state index contributed by atoms with van der Waals surface area (Å²) >= 11 is 0. The van der Waals surface area contributed by atoms with Crippen LogP contribution in [-0.4, -0.2) is 36.6 Å². The number of hydrogen-bond donors (Lipinski definition) is 2. The maximum Gasteiger partial charge on any atom is 0.320 e. The molecule has 0 heterocycles. The van der Waals surface area contributed by atoms with Gasteiger partial charge in [0.05, 0.1) is 0 Å². The van der Waals surface area contributed by atoms with E-state index in [9.17, 15) is 4.79 Å². The van der Waals surface area contributed by atoms with Gasteiger partial charge in [0.25, 0.3) is 0 Å². The van der Waals surface area contributed by atoms with E-state index in [-0.39, 0.29) is 6.42 Å². The number of carboxylic acids is 1. The first kappa shape index (κ1) is 12.3. The van der Waals surface area contributed by atoms with Crippen molar-refractivity contribution in [1.82, 2.24) is 0 Å². The molecule has 0 rings (SSSR count). The van der Waals surface area contributed by atoms with E-state index < -0.39 is 18.3 Å². The van der Waals surface area contributed by atoms with E-state index in [1.807, 2.05) is 13.8 Å². The van der Waals surface area contributed by atoms with E-state index in [1.54, 1.807) is 0 Å². The van der Waals surface area contributed by atoms with Crippen molar-refractivity contribution in [2.75, 3.05) is 13.2 Å². The van der Waals surface area contributed by atoms with Gasteiger partial charge in [0.2, 0.25) is 0 Å². The lowest BCUT2D eigenvalue weighted by atomic mass is 10.2. The topological polar surface area (TPSA) is 81.8 Å². The van der Waals surface area contributed by atoms with E-state index in [2.05, 4.69) is 0 Å². The quantitative estimate of drug-likeness (QED) is 0.561. The molecule has 13 heavy (non-hydrogen) atoms. The van der Waals surface area contributed by atoms with Crippen LogP contribution in [0.5, 0.6) is 0 Å². The van der Waals surface area contributed by atoms with Crippen molar-refractivity contribution in [1.29, 1.82) is 0 Å². The smallest absolute Gasteiger partial charge is 0.320 e. The second-order valence-electron chi connectivity index (χ2n) is 2.52. The molecular formula is C8H17NO4. The summed E-state index contributed by atoms with van der Waals surface area (Å²) in [5.74, 6) is -1.04. The highest BCUT2D eigenvalue weighted by Gasteiger charge is 2.18. The molecule has 1 atom stereocenters. The third kappa shape index (κ3) is 5.57. The molecule has 0 aliphatic heterocycles. The zero-order valence-electron chi connectivity index (χ0n) is 8.03. The Labute approximate surface area is 77.8 Å². The molecule has 0 aliphatic rings. The fourth-order valence-corrected chi connectivity index (χ4v) is 0.864. The van der Waals surface area contributed by atoms with Crippen molar-refractivity contribution in [2.45, 2.75) is 32.6 Å². The Morgan fingerprint density at radius 1 is 1.38 bits per heavy atom. The monoisotopic (exact) mass is 191 g/mol. The Morgan fingerprint density at radius 3 is 2.15 bits per heavy atom. The fraction of sp³-hybridized carbons (Fsp3) is 0.875. The zero-order valence-corrected chi connectivity index (χ0v) is 8.03. The molecule has 0 bridgehead atoms. The molecule has 0 spiro atoms. The second kappa shape index (κ2) is 6.82. The first-order valence-corrected chi connectivity index (χ1v) is 4.33. The summed E-state index contributed by atoms with van der Waals surface area (Å²) in [4.78, 5) is 10.4. The largest absolute Gasteiger partial charge is 0.480 e. The van der Waals surface area contributed by atoms with Gasteiger partial charge in [0.1, 0.15) is 6.04 Å². The molecule has 0 radical (unpaired) electrons. The molecule has 3 N–H and O–H groups in total. The highest BCUT2D eigenvalue weighted by Crippen LogP contribution is 2.03. The summed E-state index contributed by atoms with van der Waals surface area (Å²) in [5.41, 5.74) is 5.32. The average molecular weight is 191 g/mol. The molecule has 5 heteroatoms. The average Bonchev–Trinajstić information content (AvgIpc) is 2.05. The van der Waals surface area contributed by atoms with Crippen LogP contribution in [0.3, 0.4) is 0 Å². The van der Waals surface area contributed by atoms with Crippen LogP contribution in [-0.2, 0) is 14.3 Å². The van der Waals surface area contributed by atoms with Crippen LogP contribution >= 0.6 is 0 Å². The van der Waals surface area contributed by atoms with E-state index in [4.69, 9.17) is 20.3 Å². The Morgan fingerprint density at radius 2 is 1.85 bits per heavy atom. The van der Waals surface area contributed by atoms with Crippen LogP contribution in [0.25, 0.3) is 0 Å². The van der Waals surface area contributed by atoms with E-state index in [1.165, 1.54) is 0 Å².